The van der Waals surface area contributed by atoms with Gasteiger partial charge in [-0.05, 0) is 86.2 Å². The molecule has 0 radical (unpaired) electrons. The molecule has 3 nitrogen and oxygen atoms in total. The van der Waals surface area contributed by atoms with E-state index in [4.69, 9.17) is 0 Å². The van der Waals surface area contributed by atoms with Crippen molar-refractivity contribution in [2.75, 3.05) is 0 Å². The van der Waals surface area contributed by atoms with Gasteiger partial charge < -0.3 is 5.11 Å². The third-order valence-electron chi connectivity index (χ3n) is 5.48. The standard InChI is InChI=1S/C27H23F3INO2/c1-18-19(8-5-15-32-18)6-3-2-4-7-22-16-23(26(31)34)12-10-20(22)9-11-21-13-14-24(33)17-25(21)27(28,29)30/h5,8,10,12-17,33H,2-4,6-7H2,1H3. The lowest BCUT2D eigenvalue weighted by molar-refractivity contribution is -0.137. The second-order valence-corrected chi connectivity index (χ2v) is 8.91. The Morgan fingerprint density at radius 1 is 0.971 bits per heavy atom. The smallest absolute Gasteiger partial charge is 0.417 e. The van der Waals surface area contributed by atoms with Crippen molar-refractivity contribution in [3.63, 3.8) is 0 Å². The molecule has 0 fully saturated rings. The molecule has 34 heavy (non-hydrogen) atoms. The van der Waals surface area contributed by atoms with Crippen molar-refractivity contribution in [1.29, 1.82) is 0 Å². The monoisotopic (exact) mass is 577 g/mol. The summed E-state index contributed by atoms with van der Waals surface area (Å²) in [5, 5.41) is 9.46. The van der Waals surface area contributed by atoms with Crippen molar-refractivity contribution >= 4 is 26.4 Å². The fraction of sp³-hybridized carbons (Fsp3) is 0.259. The van der Waals surface area contributed by atoms with Crippen molar-refractivity contribution < 1.29 is 23.1 Å². The highest BCUT2D eigenvalue weighted by atomic mass is 127. The highest BCUT2D eigenvalue weighted by Gasteiger charge is 2.33. The number of phenols is 1. The highest BCUT2D eigenvalue weighted by Crippen LogP contribution is 2.34. The van der Waals surface area contributed by atoms with Gasteiger partial charge in [0.15, 0.2) is 0 Å². The van der Waals surface area contributed by atoms with Crippen molar-refractivity contribution in [3.8, 4) is 17.6 Å². The Kier molecular flexibility index (Phi) is 8.72. The lowest BCUT2D eigenvalue weighted by Gasteiger charge is -2.10. The molecular formula is C27H23F3INO2. The maximum Gasteiger partial charge on any atom is 0.417 e. The molecule has 1 N–H and O–H groups in total. The molecule has 176 valence electrons. The number of alkyl halides is 3. The second-order valence-electron chi connectivity index (χ2n) is 7.93. The van der Waals surface area contributed by atoms with Gasteiger partial charge >= 0.3 is 6.18 Å². The van der Waals surface area contributed by atoms with Crippen LogP contribution >= 0.6 is 22.6 Å². The Morgan fingerprint density at radius 2 is 1.65 bits per heavy atom. The number of phenolic OH excluding ortho intramolecular Hbond substituents is 1. The van der Waals surface area contributed by atoms with Gasteiger partial charge in [0.2, 0.25) is 3.79 Å². The van der Waals surface area contributed by atoms with Crippen molar-refractivity contribution in [2.45, 2.75) is 45.2 Å². The van der Waals surface area contributed by atoms with Crippen molar-refractivity contribution in [1.82, 2.24) is 4.98 Å². The third kappa shape index (κ3) is 7.07. The van der Waals surface area contributed by atoms with Crippen molar-refractivity contribution in [2.24, 2.45) is 0 Å². The van der Waals surface area contributed by atoms with E-state index in [0.29, 0.717) is 23.6 Å². The van der Waals surface area contributed by atoms with Gasteiger partial charge in [0, 0.05) is 51.2 Å². The van der Waals surface area contributed by atoms with E-state index in [-0.39, 0.29) is 9.35 Å². The summed E-state index contributed by atoms with van der Waals surface area (Å²) >= 11 is 1.71. The molecule has 1 heterocycles. The van der Waals surface area contributed by atoms with Crippen LogP contribution in [0.1, 0.15) is 63.1 Å². The Hall–Kier alpha value is -2.86. The number of carbonyl (C=O) groups is 1. The van der Waals surface area contributed by atoms with Gasteiger partial charge in [-0.15, -0.1) is 0 Å². The van der Waals surface area contributed by atoms with E-state index in [1.165, 1.54) is 11.6 Å². The number of nitrogens with zero attached hydrogens (tertiary/aromatic N) is 1. The summed E-state index contributed by atoms with van der Waals surface area (Å²) in [6.45, 7) is 1.99. The summed E-state index contributed by atoms with van der Waals surface area (Å²) in [6, 6.07) is 12.1. The number of hydrogen-bond acceptors (Lipinski definition) is 3. The summed E-state index contributed by atoms with van der Waals surface area (Å²) in [4.78, 5) is 16.1. The predicted molar refractivity (Wildman–Crippen MR) is 134 cm³/mol. The van der Waals surface area contributed by atoms with E-state index >= 15 is 0 Å². The molecular weight excluding hydrogens is 554 g/mol. The number of benzene rings is 2. The van der Waals surface area contributed by atoms with E-state index in [0.717, 1.165) is 43.0 Å². The number of hydrogen-bond donors (Lipinski definition) is 1. The highest BCUT2D eigenvalue weighted by molar-refractivity contribution is 14.1. The number of halogens is 4. The number of unbranched alkanes of at least 4 members (excludes halogenated alkanes) is 2. The Labute approximate surface area is 210 Å². The minimum Gasteiger partial charge on any atom is -0.508 e. The van der Waals surface area contributed by atoms with Crippen LogP contribution in [-0.2, 0) is 19.0 Å². The average molecular weight is 577 g/mol. The number of carbonyl (C=O) groups excluding carboxylic acids is 1. The maximum atomic E-state index is 13.3. The zero-order chi connectivity index (χ0) is 24.7. The molecule has 0 saturated heterocycles. The number of rotatable bonds is 7. The maximum absolute atomic E-state index is 13.3. The van der Waals surface area contributed by atoms with Crippen LogP contribution in [0.2, 0.25) is 0 Å². The zero-order valence-corrected chi connectivity index (χ0v) is 20.7. The minimum atomic E-state index is -4.63. The van der Waals surface area contributed by atoms with E-state index in [1.807, 2.05) is 13.0 Å². The molecule has 3 rings (SSSR count). The predicted octanol–water partition coefficient (Wildman–Crippen LogP) is 7.04. The molecule has 0 spiro atoms. The number of aromatic nitrogens is 1. The van der Waals surface area contributed by atoms with E-state index < -0.39 is 17.5 Å². The minimum absolute atomic E-state index is 0.108. The summed E-state index contributed by atoms with van der Waals surface area (Å²) in [5.41, 5.74) is 3.02. The normalized spacial score (nSPS) is 11.1. The molecule has 7 heteroatoms. The molecule has 0 aliphatic heterocycles. The van der Waals surface area contributed by atoms with Gasteiger partial charge in [0.1, 0.15) is 5.75 Å². The first-order valence-electron chi connectivity index (χ1n) is 10.8. The largest absolute Gasteiger partial charge is 0.508 e. The van der Waals surface area contributed by atoms with Crippen molar-refractivity contribution in [3.05, 3.63) is 93.8 Å². The van der Waals surface area contributed by atoms with E-state index in [2.05, 4.69) is 22.9 Å². The molecule has 0 unspecified atom stereocenters. The van der Waals surface area contributed by atoms with Crippen LogP contribution in [0.3, 0.4) is 0 Å². The molecule has 0 saturated carbocycles. The van der Waals surface area contributed by atoms with Crippen LogP contribution in [0.15, 0.2) is 54.7 Å². The van der Waals surface area contributed by atoms with Gasteiger partial charge in [0.05, 0.1) is 5.56 Å². The molecule has 0 bridgehead atoms. The summed E-state index contributed by atoms with van der Waals surface area (Å²) in [6.07, 6.45) is 1.55. The SMILES string of the molecule is Cc1ncccc1CCCCCc1cc(C(=O)I)ccc1C#Cc1ccc(O)cc1C(F)(F)F. The van der Waals surface area contributed by atoms with Crippen LogP contribution in [0.4, 0.5) is 13.2 Å². The Bertz CT molecular complexity index is 1240. The summed E-state index contributed by atoms with van der Waals surface area (Å²) < 4.78 is 39.9. The first kappa shape index (κ1) is 25.8. The Morgan fingerprint density at radius 3 is 2.32 bits per heavy atom. The summed E-state index contributed by atoms with van der Waals surface area (Å²) in [5.74, 6) is 4.99. The second kappa shape index (κ2) is 11.5. The van der Waals surface area contributed by atoms with E-state index in [1.54, 1.807) is 47.0 Å². The van der Waals surface area contributed by atoms with Crippen LogP contribution < -0.4 is 0 Å². The van der Waals surface area contributed by atoms with Gasteiger partial charge in [-0.3, -0.25) is 9.78 Å². The van der Waals surface area contributed by atoms with Crippen LogP contribution in [0.5, 0.6) is 5.75 Å². The summed E-state index contributed by atoms with van der Waals surface area (Å²) in [7, 11) is 0. The van der Waals surface area contributed by atoms with Crippen LogP contribution in [0, 0.1) is 18.8 Å². The number of aryl methyl sites for hydroxylation is 3. The molecule has 0 amide bonds. The average Bonchev–Trinajstić information content (AvgIpc) is 2.79. The quantitative estimate of drug-likeness (QED) is 0.142. The van der Waals surface area contributed by atoms with Crippen LogP contribution in [-0.4, -0.2) is 13.9 Å². The molecule has 3 aromatic rings. The molecule has 0 aliphatic carbocycles. The fourth-order valence-electron chi connectivity index (χ4n) is 3.64. The van der Waals surface area contributed by atoms with Gasteiger partial charge in [-0.25, -0.2) is 0 Å². The number of pyridine rings is 1. The first-order valence-corrected chi connectivity index (χ1v) is 11.9. The fourth-order valence-corrected chi connectivity index (χ4v) is 3.98. The third-order valence-corrected chi connectivity index (χ3v) is 6.10. The first-order chi connectivity index (χ1) is 16.1. The van der Waals surface area contributed by atoms with Gasteiger partial charge in [-0.2, -0.15) is 13.2 Å². The molecule has 2 aromatic carbocycles. The number of aromatic hydroxyl groups is 1. The van der Waals surface area contributed by atoms with E-state index in [9.17, 15) is 23.1 Å². The molecule has 0 atom stereocenters. The topological polar surface area (TPSA) is 50.2 Å². The van der Waals surface area contributed by atoms with Crippen LogP contribution in [0.25, 0.3) is 0 Å². The Balaban J connectivity index is 1.77. The molecule has 0 aliphatic rings. The van der Waals surface area contributed by atoms with Gasteiger partial charge in [0.25, 0.3) is 0 Å². The molecule has 1 aromatic heterocycles. The van der Waals surface area contributed by atoms with Gasteiger partial charge in [-0.1, -0.05) is 24.3 Å². The lowest BCUT2D eigenvalue weighted by Crippen LogP contribution is -2.07. The lowest BCUT2D eigenvalue weighted by atomic mass is 9.97. The zero-order valence-electron chi connectivity index (χ0n) is 18.5.